The number of ether oxygens (including phenoxy) is 1. The van der Waals surface area contributed by atoms with Crippen molar-refractivity contribution < 1.29 is 14.3 Å². The second-order valence-electron chi connectivity index (χ2n) is 11.0. The topological polar surface area (TPSA) is 49.9 Å². The second kappa shape index (κ2) is 11.3. The molecule has 44 heavy (non-hydrogen) atoms. The lowest BCUT2D eigenvalue weighted by Crippen LogP contribution is -2.55. The highest BCUT2D eigenvalue weighted by Gasteiger charge is 2.55. The molecule has 2 aliphatic heterocycles. The Morgan fingerprint density at radius 3 is 2.07 bits per heavy atom. The van der Waals surface area contributed by atoms with Gasteiger partial charge in [-0.1, -0.05) is 119 Å². The SMILES string of the molecule is CC1=C(c2ccccc2)O[C@]2(c3ccccc3)C[C@H](c3cccc(Br)c3)N(C(=O)c3ccccc3)c3ccccc3N2C1=O. The summed E-state index contributed by atoms with van der Waals surface area (Å²) >= 11 is 3.66. The van der Waals surface area contributed by atoms with Crippen LogP contribution in [-0.2, 0) is 15.3 Å². The van der Waals surface area contributed by atoms with E-state index >= 15 is 0 Å². The summed E-state index contributed by atoms with van der Waals surface area (Å²) in [5.74, 6) is 0.198. The molecule has 2 aliphatic rings. The zero-order valence-corrected chi connectivity index (χ0v) is 25.6. The van der Waals surface area contributed by atoms with E-state index in [4.69, 9.17) is 4.74 Å². The molecule has 0 fully saturated rings. The first-order valence-electron chi connectivity index (χ1n) is 14.6. The van der Waals surface area contributed by atoms with Crippen molar-refractivity contribution in [2.75, 3.05) is 9.80 Å². The number of halogens is 1. The third kappa shape index (κ3) is 4.63. The van der Waals surface area contributed by atoms with Crippen LogP contribution in [0, 0.1) is 0 Å². The van der Waals surface area contributed by atoms with Crippen molar-refractivity contribution in [3.8, 4) is 0 Å². The molecule has 0 bridgehead atoms. The number of carbonyl (C=O) groups excluding carboxylic acids is 2. The van der Waals surface area contributed by atoms with E-state index < -0.39 is 11.8 Å². The summed E-state index contributed by atoms with van der Waals surface area (Å²) in [5.41, 5.74) is 3.57. The third-order valence-corrected chi connectivity index (χ3v) is 8.89. The molecule has 0 unspecified atom stereocenters. The molecule has 0 radical (unpaired) electrons. The molecule has 2 heterocycles. The van der Waals surface area contributed by atoms with Crippen molar-refractivity contribution in [2.45, 2.75) is 25.1 Å². The molecular formula is C38H29BrN2O3. The lowest BCUT2D eigenvalue weighted by atomic mass is 9.87. The van der Waals surface area contributed by atoms with Gasteiger partial charge in [-0.3, -0.25) is 19.4 Å². The normalized spacial score (nSPS) is 19.5. The number of anilines is 2. The van der Waals surface area contributed by atoms with Crippen molar-refractivity contribution in [2.24, 2.45) is 0 Å². The zero-order chi connectivity index (χ0) is 30.3. The number of amides is 2. The van der Waals surface area contributed by atoms with E-state index in [1.807, 2.05) is 151 Å². The minimum atomic E-state index is -1.28. The number of para-hydroxylation sites is 2. The predicted octanol–water partition coefficient (Wildman–Crippen LogP) is 8.89. The van der Waals surface area contributed by atoms with Crippen LogP contribution in [0.5, 0.6) is 0 Å². The largest absolute Gasteiger partial charge is 0.462 e. The van der Waals surface area contributed by atoms with Crippen molar-refractivity contribution in [3.05, 3.63) is 172 Å². The first-order chi connectivity index (χ1) is 21.5. The van der Waals surface area contributed by atoms with Gasteiger partial charge in [0.05, 0.1) is 23.0 Å². The zero-order valence-electron chi connectivity index (χ0n) is 24.1. The molecule has 6 heteroatoms. The fraction of sp³-hybridized carbons (Fsp3) is 0.105. The number of hydrogen-bond donors (Lipinski definition) is 0. The van der Waals surface area contributed by atoms with Crippen molar-refractivity contribution >= 4 is 44.9 Å². The molecule has 0 saturated carbocycles. The number of carbonyl (C=O) groups is 2. The summed E-state index contributed by atoms with van der Waals surface area (Å²) < 4.78 is 8.12. The van der Waals surface area contributed by atoms with Crippen molar-refractivity contribution in [3.63, 3.8) is 0 Å². The lowest BCUT2D eigenvalue weighted by Gasteiger charge is -2.47. The van der Waals surface area contributed by atoms with Gasteiger partial charge in [0, 0.05) is 27.6 Å². The smallest absolute Gasteiger partial charge is 0.261 e. The lowest BCUT2D eigenvalue weighted by molar-refractivity contribution is -0.122. The molecule has 2 amide bonds. The van der Waals surface area contributed by atoms with Gasteiger partial charge in [-0.15, -0.1) is 0 Å². The van der Waals surface area contributed by atoms with Crippen molar-refractivity contribution in [1.29, 1.82) is 0 Å². The molecule has 0 saturated heterocycles. The van der Waals surface area contributed by atoms with Gasteiger partial charge >= 0.3 is 0 Å². The maximum Gasteiger partial charge on any atom is 0.261 e. The number of benzene rings is 5. The highest BCUT2D eigenvalue weighted by Crippen LogP contribution is 2.55. The third-order valence-electron chi connectivity index (χ3n) is 8.39. The Balaban J connectivity index is 1.55. The second-order valence-corrected chi connectivity index (χ2v) is 11.9. The Bertz CT molecular complexity index is 1890. The minimum Gasteiger partial charge on any atom is -0.462 e. The Hall–Kier alpha value is -4.94. The first-order valence-corrected chi connectivity index (χ1v) is 15.4. The molecule has 0 spiro atoms. The van der Waals surface area contributed by atoms with Crippen LogP contribution in [0.25, 0.3) is 5.76 Å². The van der Waals surface area contributed by atoms with E-state index in [9.17, 15) is 9.59 Å². The highest BCUT2D eigenvalue weighted by atomic mass is 79.9. The Morgan fingerprint density at radius 2 is 1.39 bits per heavy atom. The maximum absolute atomic E-state index is 14.8. The molecule has 2 atom stereocenters. The highest BCUT2D eigenvalue weighted by molar-refractivity contribution is 9.10. The number of hydrogen-bond acceptors (Lipinski definition) is 3. The van der Waals surface area contributed by atoms with E-state index in [1.165, 1.54) is 0 Å². The summed E-state index contributed by atoms with van der Waals surface area (Å²) in [6, 6.07) is 44.1. The van der Waals surface area contributed by atoms with Crippen LogP contribution >= 0.6 is 15.9 Å². The summed E-state index contributed by atoms with van der Waals surface area (Å²) in [6.07, 6.45) is 0.274. The molecule has 0 N–H and O–H groups in total. The van der Waals surface area contributed by atoms with Crippen molar-refractivity contribution in [1.82, 2.24) is 0 Å². The van der Waals surface area contributed by atoms with Crippen LogP contribution in [-0.4, -0.2) is 11.8 Å². The van der Waals surface area contributed by atoms with Gasteiger partial charge in [0.15, 0.2) is 0 Å². The molecule has 0 aliphatic carbocycles. The molecule has 7 rings (SSSR count). The van der Waals surface area contributed by atoms with Gasteiger partial charge in [0.1, 0.15) is 5.76 Å². The fourth-order valence-electron chi connectivity index (χ4n) is 6.36. The van der Waals surface area contributed by atoms with Crippen LogP contribution in [0.4, 0.5) is 11.4 Å². The molecule has 5 aromatic carbocycles. The van der Waals surface area contributed by atoms with Crippen LogP contribution in [0.15, 0.2) is 150 Å². The van der Waals surface area contributed by atoms with Crippen LogP contribution in [0.2, 0.25) is 0 Å². The number of rotatable bonds is 4. The van der Waals surface area contributed by atoms with Crippen LogP contribution < -0.4 is 9.80 Å². The van der Waals surface area contributed by atoms with E-state index in [-0.39, 0.29) is 18.2 Å². The Morgan fingerprint density at radius 1 is 0.773 bits per heavy atom. The summed E-state index contributed by atoms with van der Waals surface area (Å²) in [4.78, 5) is 33.0. The van der Waals surface area contributed by atoms with Gasteiger partial charge in [-0.2, -0.15) is 0 Å². The van der Waals surface area contributed by atoms with Gasteiger partial charge in [0.2, 0.25) is 5.72 Å². The van der Waals surface area contributed by atoms with Gasteiger partial charge in [0.25, 0.3) is 11.8 Å². The average Bonchev–Trinajstić information content (AvgIpc) is 3.21. The Labute approximate surface area is 265 Å². The molecule has 216 valence electrons. The number of nitrogens with zero attached hydrogens (tertiary/aromatic N) is 2. The Kier molecular flexibility index (Phi) is 7.15. The summed E-state index contributed by atoms with van der Waals surface area (Å²) in [5, 5.41) is 0. The van der Waals surface area contributed by atoms with E-state index in [2.05, 4.69) is 15.9 Å². The molecular weight excluding hydrogens is 612 g/mol. The summed E-state index contributed by atoms with van der Waals surface area (Å²) in [7, 11) is 0. The van der Waals surface area contributed by atoms with Gasteiger partial charge in [-0.05, 0) is 48.9 Å². The molecule has 5 aromatic rings. The molecule has 0 aromatic heterocycles. The standard InChI is InChI=1S/C38H29BrN2O3/c1-26-35(27-14-5-2-6-15-27)44-38(30-19-9-4-10-20-30)25-34(29-18-13-21-31(39)24-29)40(37(43)28-16-7-3-8-17-28)32-22-11-12-23-33(32)41(38)36(26)42/h2-24,34H,25H2,1H3/t34-,38+/m1/s1. The summed E-state index contributed by atoms with van der Waals surface area (Å²) in [6.45, 7) is 1.81. The minimum absolute atomic E-state index is 0.161. The average molecular weight is 642 g/mol. The maximum atomic E-state index is 14.8. The van der Waals surface area contributed by atoms with Gasteiger partial charge in [-0.25, -0.2) is 0 Å². The quantitative estimate of drug-likeness (QED) is 0.197. The van der Waals surface area contributed by atoms with Crippen LogP contribution in [0.1, 0.15) is 46.4 Å². The molecule has 5 nitrogen and oxygen atoms in total. The monoisotopic (exact) mass is 640 g/mol. The van der Waals surface area contributed by atoms with E-state index in [0.29, 0.717) is 28.3 Å². The van der Waals surface area contributed by atoms with E-state index in [1.54, 1.807) is 4.90 Å². The van der Waals surface area contributed by atoms with Crippen LogP contribution in [0.3, 0.4) is 0 Å². The van der Waals surface area contributed by atoms with Gasteiger partial charge < -0.3 is 4.74 Å². The number of fused-ring (bicyclic) bond motifs is 3. The van der Waals surface area contributed by atoms with E-state index in [0.717, 1.165) is 21.2 Å². The first kappa shape index (κ1) is 27.9. The fourth-order valence-corrected chi connectivity index (χ4v) is 6.77. The predicted molar refractivity (Wildman–Crippen MR) is 177 cm³/mol.